The molecule has 0 spiro atoms. The molecule has 0 aliphatic carbocycles. The lowest BCUT2D eigenvalue weighted by Gasteiger charge is -2.27. The minimum absolute atomic E-state index is 0.0322. The summed E-state index contributed by atoms with van der Waals surface area (Å²) in [4.78, 5) is 6.29. The summed E-state index contributed by atoms with van der Waals surface area (Å²) in [7, 11) is 1.96. The molecule has 0 aliphatic rings. The molecule has 3 N–H and O–H groups in total. The van der Waals surface area contributed by atoms with Crippen molar-refractivity contribution in [3.63, 3.8) is 0 Å². The molecule has 4 nitrogen and oxygen atoms in total. The van der Waals surface area contributed by atoms with E-state index in [1.807, 2.05) is 11.9 Å². The molecule has 0 saturated carbocycles. The van der Waals surface area contributed by atoms with E-state index in [0.29, 0.717) is 22.4 Å². The summed E-state index contributed by atoms with van der Waals surface area (Å²) in [5.41, 5.74) is 6.01. The van der Waals surface area contributed by atoms with Gasteiger partial charge in [-0.15, -0.1) is 0 Å². The monoisotopic (exact) mass is 254 g/mol. The Kier molecular flexibility index (Phi) is 4.75. The molecule has 0 radical (unpaired) electrons. The Balaban J connectivity index is 3.06. The molecule has 0 aliphatic heterocycles. The van der Waals surface area contributed by atoms with E-state index in [9.17, 15) is 0 Å². The number of pyridine rings is 1. The van der Waals surface area contributed by atoms with Crippen molar-refractivity contribution in [1.82, 2.24) is 4.98 Å². The van der Waals surface area contributed by atoms with Crippen LogP contribution in [0.5, 0.6) is 0 Å². The highest BCUT2D eigenvalue weighted by atomic mass is 35.5. The number of nitrogen functional groups attached to an aromatic ring is 1. The van der Waals surface area contributed by atoms with Crippen molar-refractivity contribution in [2.45, 2.75) is 32.7 Å². The number of aromatic nitrogens is 1. The standard InChI is InChI=1S/C12H19ClN4/c1-4-5-8(2)17(3)12-10(13)9(11(14)15)6-7-16-12/h6-8H,4-5H2,1-3H3,(H3,14,15). The number of hydrogen-bond donors (Lipinski definition) is 2. The fourth-order valence-electron chi connectivity index (χ4n) is 1.71. The van der Waals surface area contributed by atoms with Crippen LogP contribution in [0.25, 0.3) is 0 Å². The lowest BCUT2D eigenvalue weighted by Crippen LogP contribution is -2.30. The Morgan fingerprint density at radius 3 is 2.82 bits per heavy atom. The molecule has 1 heterocycles. The largest absolute Gasteiger partial charge is 0.384 e. The summed E-state index contributed by atoms with van der Waals surface area (Å²) in [5, 5.41) is 7.90. The molecule has 0 bridgehead atoms. The third kappa shape index (κ3) is 3.09. The van der Waals surface area contributed by atoms with Crippen molar-refractivity contribution in [2.75, 3.05) is 11.9 Å². The van der Waals surface area contributed by atoms with Gasteiger partial charge in [-0.2, -0.15) is 0 Å². The van der Waals surface area contributed by atoms with Gasteiger partial charge in [-0.25, -0.2) is 4.98 Å². The van der Waals surface area contributed by atoms with Gasteiger partial charge in [0.2, 0.25) is 0 Å². The van der Waals surface area contributed by atoms with Gasteiger partial charge in [0.25, 0.3) is 0 Å². The van der Waals surface area contributed by atoms with Gasteiger partial charge in [0.05, 0.1) is 5.02 Å². The number of anilines is 1. The van der Waals surface area contributed by atoms with E-state index in [2.05, 4.69) is 18.8 Å². The molecule has 0 saturated heterocycles. The first kappa shape index (κ1) is 13.8. The fourth-order valence-corrected chi connectivity index (χ4v) is 2.05. The van der Waals surface area contributed by atoms with E-state index in [1.165, 1.54) is 0 Å². The van der Waals surface area contributed by atoms with Crippen LogP contribution < -0.4 is 10.6 Å². The minimum Gasteiger partial charge on any atom is -0.384 e. The molecule has 5 heteroatoms. The molecule has 94 valence electrons. The van der Waals surface area contributed by atoms with Crippen LogP contribution >= 0.6 is 11.6 Å². The first-order valence-corrected chi connectivity index (χ1v) is 6.08. The molecule has 1 aromatic rings. The van der Waals surface area contributed by atoms with E-state index in [-0.39, 0.29) is 5.84 Å². The highest BCUT2D eigenvalue weighted by Gasteiger charge is 2.16. The van der Waals surface area contributed by atoms with Gasteiger partial charge in [0, 0.05) is 24.8 Å². The number of nitrogens with two attached hydrogens (primary N) is 1. The Morgan fingerprint density at radius 1 is 1.65 bits per heavy atom. The molecular formula is C12H19ClN4. The average molecular weight is 255 g/mol. The van der Waals surface area contributed by atoms with Crippen LogP contribution in [0.2, 0.25) is 5.02 Å². The highest BCUT2D eigenvalue weighted by Crippen LogP contribution is 2.27. The van der Waals surface area contributed by atoms with Crippen molar-refractivity contribution < 1.29 is 0 Å². The van der Waals surface area contributed by atoms with Crippen molar-refractivity contribution in [3.05, 3.63) is 22.8 Å². The summed E-state index contributed by atoms with van der Waals surface area (Å²) in [6, 6.07) is 2.01. The van der Waals surface area contributed by atoms with Crippen molar-refractivity contribution >= 4 is 23.3 Å². The molecular weight excluding hydrogens is 236 g/mol. The van der Waals surface area contributed by atoms with Gasteiger partial charge in [0.1, 0.15) is 11.7 Å². The average Bonchev–Trinajstić information content (AvgIpc) is 2.28. The van der Waals surface area contributed by atoms with E-state index in [0.717, 1.165) is 12.8 Å². The highest BCUT2D eigenvalue weighted by molar-refractivity contribution is 6.36. The normalized spacial score (nSPS) is 12.2. The van der Waals surface area contributed by atoms with Gasteiger partial charge in [0.15, 0.2) is 0 Å². The molecule has 1 aromatic heterocycles. The van der Waals surface area contributed by atoms with Crippen molar-refractivity contribution in [2.24, 2.45) is 5.73 Å². The zero-order valence-corrected chi connectivity index (χ0v) is 11.3. The first-order chi connectivity index (χ1) is 7.99. The second-order valence-electron chi connectivity index (χ2n) is 4.16. The summed E-state index contributed by atoms with van der Waals surface area (Å²) < 4.78 is 0. The van der Waals surface area contributed by atoms with E-state index in [4.69, 9.17) is 22.7 Å². The predicted molar refractivity (Wildman–Crippen MR) is 73.0 cm³/mol. The lowest BCUT2D eigenvalue weighted by atomic mass is 10.1. The van der Waals surface area contributed by atoms with Gasteiger partial charge in [-0.3, -0.25) is 5.41 Å². The van der Waals surface area contributed by atoms with Gasteiger partial charge in [-0.1, -0.05) is 24.9 Å². The Labute approximate surface area is 107 Å². The predicted octanol–water partition coefficient (Wildman–Crippen LogP) is 2.64. The second-order valence-corrected chi connectivity index (χ2v) is 4.54. The molecule has 0 aromatic carbocycles. The van der Waals surface area contributed by atoms with Crippen LogP contribution in [0.4, 0.5) is 5.82 Å². The lowest BCUT2D eigenvalue weighted by molar-refractivity contribution is 0.611. The summed E-state index contributed by atoms with van der Waals surface area (Å²) in [6.45, 7) is 4.27. The second kappa shape index (κ2) is 5.87. The third-order valence-electron chi connectivity index (χ3n) is 2.86. The number of nitrogens with one attached hydrogen (secondary N) is 1. The number of rotatable bonds is 5. The molecule has 0 amide bonds. The maximum Gasteiger partial charge on any atom is 0.148 e. The Bertz CT molecular complexity index is 405. The number of hydrogen-bond acceptors (Lipinski definition) is 3. The Morgan fingerprint density at radius 2 is 2.29 bits per heavy atom. The smallest absolute Gasteiger partial charge is 0.148 e. The number of nitrogens with zero attached hydrogens (tertiary/aromatic N) is 2. The SMILES string of the molecule is CCCC(C)N(C)c1nccc(C(=N)N)c1Cl. The summed E-state index contributed by atoms with van der Waals surface area (Å²) in [6.07, 6.45) is 3.81. The van der Waals surface area contributed by atoms with Crippen LogP contribution in [0.15, 0.2) is 12.3 Å². The first-order valence-electron chi connectivity index (χ1n) is 5.70. The fraction of sp³-hybridized carbons (Fsp3) is 0.500. The van der Waals surface area contributed by atoms with Crippen LogP contribution in [0, 0.1) is 5.41 Å². The topological polar surface area (TPSA) is 66.0 Å². The zero-order chi connectivity index (χ0) is 13.0. The van der Waals surface area contributed by atoms with Gasteiger partial charge < -0.3 is 10.6 Å². The van der Waals surface area contributed by atoms with Gasteiger partial charge in [-0.05, 0) is 19.4 Å². The minimum atomic E-state index is -0.0322. The van der Waals surface area contributed by atoms with Gasteiger partial charge >= 0.3 is 0 Å². The van der Waals surface area contributed by atoms with Crippen molar-refractivity contribution in [3.8, 4) is 0 Å². The maximum absolute atomic E-state index is 7.45. The van der Waals surface area contributed by atoms with E-state index < -0.39 is 0 Å². The molecule has 1 rings (SSSR count). The molecule has 17 heavy (non-hydrogen) atoms. The quantitative estimate of drug-likeness (QED) is 0.627. The van der Waals surface area contributed by atoms with Crippen LogP contribution in [-0.2, 0) is 0 Å². The molecule has 1 atom stereocenters. The molecule has 1 unspecified atom stereocenters. The maximum atomic E-state index is 7.45. The van der Waals surface area contributed by atoms with Crippen LogP contribution in [0.3, 0.4) is 0 Å². The number of halogens is 1. The zero-order valence-electron chi connectivity index (χ0n) is 10.5. The summed E-state index contributed by atoms with van der Waals surface area (Å²) in [5.74, 6) is 0.649. The molecule has 0 fully saturated rings. The Hall–Kier alpha value is -1.29. The van der Waals surface area contributed by atoms with Crippen molar-refractivity contribution in [1.29, 1.82) is 5.41 Å². The number of amidine groups is 1. The summed E-state index contributed by atoms with van der Waals surface area (Å²) >= 11 is 6.22. The van der Waals surface area contributed by atoms with E-state index >= 15 is 0 Å². The van der Waals surface area contributed by atoms with Crippen LogP contribution in [-0.4, -0.2) is 23.9 Å². The van der Waals surface area contributed by atoms with Crippen LogP contribution in [0.1, 0.15) is 32.3 Å². The van der Waals surface area contributed by atoms with E-state index in [1.54, 1.807) is 12.3 Å². The third-order valence-corrected chi connectivity index (χ3v) is 3.24.